The molecule has 3 heteroatoms. The standard InChI is InChI=1S/C6H11BIN/c1-9-4-6(8,5-9)2-3-7/h2-5H2,1H3. The molecule has 0 atom stereocenters. The molecule has 1 rings (SSSR count). The van der Waals surface area contributed by atoms with E-state index in [2.05, 4.69) is 34.5 Å². The molecule has 0 aromatic heterocycles. The van der Waals surface area contributed by atoms with Crippen molar-refractivity contribution >= 4 is 30.4 Å². The van der Waals surface area contributed by atoms with Crippen LogP contribution in [-0.2, 0) is 0 Å². The first kappa shape index (κ1) is 7.86. The topological polar surface area (TPSA) is 3.24 Å². The predicted octanol–water partition coefficient (Wildman–Crippen LogP) is 1.08. The third kappa shape index (κ3) is 1.83. The normalized spacial score (nSPS) is 25.6. The monoisotopic (exact) mass is 235 g/mol. The summed E-state index contributed by atoms with van der Waals surface area (Å²) in [5.74, 6) is 0. The third-order valence-electron chi connectivity index (χ3n) is 1.70. The lowest BCUT2D eigenvalue weighted by molar-refractivity contribution is 0.173. The van der Waals surface area contributed by atoms with Gasteiger partial charge in [-0.05, 0) is 13.5 Å². The highest BCUT2D eigenvalue weighted by Crippen LogP contribution is 2.33. The summed E-state index contributed by atoms with van der Waals surface area (Å²) in [7, 11) is 7.59. The van der Waals surface area contributed by atoms with Crippen LogP contribution in [0.2, 0.25) is 6.32 Å². The van der Waals surface area contributed by atoms with Crippen LogP contribution in [0.15, 0.2) is 0 Å². The lowest BCUT2D eigenvalue weighted by Crippen LogP contribution is -2.55. The minimum atomic E-state index is 0.515. The van der Waals surface area contributed by atoms with E-state index in [0.717, 1.165) is 12.7 Å². The molecule has 0 unspecified atom stereocenters. The summed E-state index contributed by atoms with van der Waals surface area (Å²) in [6.07, 6.45) is 1.99. The van der Waals surface area contributed by atoms with Gasteiger partial charge in [-0.1, -0.05) is 28.9 Å². The van der Waals surface area contributed by atoms with Gasteiger partial charge in [0.2, 0.25) is 0 Å². The summed E-state index contributed by atoms with van der Waals surface area (Å²) in [5, 5.41) is 0. The van der Waals surface area contributed by atoms with Crippen molar-refractivity contribution in [1.29, 1.82) is 0 Å². The number of hydrogen-bond donors (Lipinski definition) is 0. The van der Waals surface area contributed by atoms with E-state index in [1.165, 1.54) is 13.1 Å². The van der Waals surface area contributed by atoms with E-state index < -0.39 is 0 Å². The Morgan fingerprint density at radius 2 is 2.22 bits per heavy atom. The Labute approximate surface area is 71.7 Å². The van der Waals surface area contributed by atoms with Crippen molar-refractivity contribution in [2.45, 2.75) is 16.2 Å². The molecule has 0 saturated carbocycles. The molecule has 1 saturated heterocycles. The number of nitrogens with zero attached hydrogens (tertiary/aromatic N) is 1. The fourth-order valence-electron chi connectivity index (χ4n) is 1.34. The molecule has 0 aromatic carbocycles. The second-order valence-corrected chi connectivity index (χ2v) is 5.15. The van der Waals surface area contributed by atoms with Gasteiger partial charge in [-0.2, -0.15) is 0 Å². The highest BCUT2D eigenvalue weighted by molar-refractivity contribution is 14.1. The summed E-state index contributed by atoms with van der Waals surface area (Å²) in [4.78, 5) is 2.32. The second kappa shape index (κ2) is 2.78. The van der Waals surface area contributed by atoms with Crippen LogP contribution in [0.1, 0.15) is 6.42 Å². The number of likely N-dealkylation sites (tertiary alicyclic amines) is 1. The SMILES string of the molecule is [B]CCC1(I)CN(C)C1. The summed E-state index contributed by atoms with van der Waals surface area (Å²) in [6.45, 7) is 2.43. The first-order valence-electron chi connectivity index (χ1n) is 3.24. The first-order valence-corrected chi connectivity index (χ1v) is 4.32. The van der Waals surface area contributed by atoms with Gasteiger partial charge in [0, 0.05) is 16.5 Å². The van der Waals surface area contributed by atoms with Crippen LogP contribution < -0.4 is 0 Å². The van der Waals surface area contributed by atoms with Crippen LogP contribution >= 0.6 is 22.6 Å². The molecule has 1 heterocycles. The van der Waals surface area contributed by atoms with Gasteiger partial charge in [-0.25, -0.2) is 0 Å². The van der Waals surface area contributed by atoms with Crippen LogP contribution in [0.5, 0.6) is 0 Å². The van der Waals surface area contributed by atoms with Crippen LogP contribution in [0.3, 0.4) is 0 Å². The van der Waals surface area contributed by atoms with Crippen molar-refractivity contribution in [2.75, 3.05) is 20.1 Å². The molecule has 0 spiro atoms. The van der Waals surface area contributed by atoms with Crippen LogP contribution in [0.4, 0.5) is 0 Å². The Morgan fingerprint density at radius 1 is 1.67 bits per heavy atom. The highest BCUT2D eigenvalue weighted by atomic mass is 127. The Balaban J connectivity index is 2.23. The zero-order chi connectivity index (χ0) is 6.91. The van der Waals surface area contributed by atoms with E-state index >= 15 is 0 Å². The molecule has 0 N–H and O–H groups in total. The Morgan fingerprint density at radius 3 is 2.56 bits per heavy atom. The molecule has 0 aliphatic carbocycles. The molecule has 0 bridgehead atoms. The van der Waals surface area contributed by atoms with Crippen LogP contribution in [0.25, 0.3) is 0 Å². The Hall–Kier alpha value is 0.755. The smallest absolute Gasteiger partial charge is 0.0653 e. The van der Waals surface area contributed by atoms with Gasteiger partial charge < -0.3 is 4.90 Å². The Kier molecular flexibility index (Phi) is 2.43. The summed E-state index contributed by atoms with van der Waals surface area (Å²) >= 11 is 2.52. The minimum Gasteiger partial charge on any atom is -0.304 e. The maximum absolute atomic E-state index is 5.45. The number of rotatable bonds is 2. The molecule has 0 aromatic rings. The molecule has 1 aliphatic rings. The fraction of sp³-hybridized carbons (Fsp3) is 1.00. The van der Waals surface area contributed by atoms with Gasteiger partial charge >= 0.3 is 0 Å². The Bertz CT molecular complexity index is 95.7. The van der Waals surface area contributed by atoms with Gasteiger partial charge in [-0.3, -0.25) is 0 Å². The van der Waals surface area contributed by atoms with Crippen LogP contribution in [-0.4, -0.2) is 36.3 Å². The van der Waals surface area contributed by atoms with Crippen molar-refractivity contribution < 1.29 is 0 Å². The third-order valence-corrected chi connectivity index (χ3v) is 2.92. The molecule has 1 nitrogen and oxygen atoms in total. The fourth-order valence-corrected chi connectivity index (χ4v) is 2.81. The molecule has 9 heavy (non-hydrogen) atoms. The van der Waals surface area contributed by atoms with Crippen molar-refractivity contribution in [2.24, 2.45) is 0 Å². The first-order chi connectivity index (χ1) is 4.16. The van der Waals surface area contributed by atoms with Gasteiger partial charge in [-0.15, -0.1) is 0 Å². The van der Waals surface area contributed by atoms with Crippen LogP contribution in [0, 0.1) is 0 Å². The van der Waals surface area contributed by atoms with E-state index in [4.69, 9.17) is 7.85 Å². The largest absolute Gasteiger partial charge is 0.304 e. The average molecular weight is 235 g/mol. The van der Waals surface area contributed by atoms with Crippen molar-refractivity contribution in [3.63, 3.8) is 0 Å². The molecular formula is C6H11BIN. The summed E-state index contributed by atoms with van der Waals surface area (Å²) in [6, 6.07) is 0. The van der Waals surface area contributed by atoms with E-state index in [-0.39, 0.29) is 0 Å². The molecule has 50 valence electrons. The van der Waals surface area contributed by atoms with E-state index in [1.54, 1.807) is 0 Å². The van der Waals surface area contributed by atoms with Crippen molar-refractivity contribution in [3.05, 3.63) is 0 Å². The second-order valence-electron chi connectivity index (χ2n) is 2.86. The van der Waals surface area contributed by atoms with Gasteiger partial charge in [0.05, 0.1) is 7.85 Å². The summed E-state index contributed by atoms with van der Waals surface area (Å²) in [5.41, 5.74) is 0. The van der Waals surface area contributed by atoms with E-state index in [0.29, 0.717) is 3.42 Å². The lowest BCUT2D eigenvalue weighted by Gasteiger charge is -2.44. The average Bonchev–Trinajstić information content (AvgIpc) is 1.62. The maximum Gasteiger partial charge on any atom is 0.0653 e. The molecule has 2 radical (unpaired) electrons. The quantitative estimate of drug-likeness (QED) is 0.393. The maximum atomic E-state index is 5.45. The number of hydrogen-bond acceptors (Lipinski definition) is 1. The number of alkyl halides is 1. The molecule has 0 amide bonds. The predicted molar refractivity (Wildman–Crippen MR) is 49.4 cm³/mol. The van der Waals surface area contributed by atoms with E-state index in [9.17, 15) is 0 Å². The van der Waals surface area contributed by atoms with Gasteiger partial charge in [0.25, 0.3) is 0 Å². The zero-order valence-electron chi connectivity index (χ0n) is 5.73. The van der Waals surface area contributed by atoms with Gasteiger partial charge in [0.15, 0.2) is 0 Å². The minimum absolute atomic E-state index is 0.515. The lowest BCUT2D eigenvalue weighted by atomic mass is 9.89. The number of halogens is 1. The summed E-state index contributed by atoms with van der Waals surface area (Å²) < 4.78 is 0.515. The van der Waals surface area contributed by atoms with E-state index in [1.807, 2.05) is 0 Å². The van der Waals surface area contributed by atoms with Crippen molar-refractivity contribution in [3.8, 4) is 0 Å². The molecule has 1 aliphatic heterocycles. The van der Waals surface area contributed by atoms with Crippen molar-refractivity contribution in [1.82, 2.24) is 4.90 Å². The van der Waals surface area contributed by atoms with Gasteiger partial charge in [0.1, 0.15) is 0 Å². The molecule has 1 fully saturated rings. The highest BCUT2D eigenvalue weighted by Gasteiger charge is 2.36. The zero-order valence-corrected chi connectivity index (χ0v) is 7.89. The molecular weight excluding hydrogens is 224 g/mol.